The molecule has 6 heteroatoms. The molecule has 1 N–H and O–H groups in total. The first kappa shape index (κ1) is 17.9. The molecule has 1 aromatic heterocycles. The molecule has 0 atom stereocenters. The van der Waals surface area contributed by atoms with Gasteiger partial charge in [0, 0.05) is 17.5 Å². The summed E-state index contributed by atoms with van der Waals surface area (Å²) in [4.78, 5) is 16.8. The van der Waals surface area contributed by atoms with Crippen molar-refractivity contribution in [2.24, 2.45) is 0 Å². The summed E-state index contributed by atoms with van der Waals surface area (Å²) in [5, 5.41) is 5.46. The zero-order valence-corrected chi connectivity index (χ0v) is 15.5. The molecule has 134 valence electrons. The summed E-state index contributed by atoms with van der Waals surface area (Å²) in [6.07, 6.45) is 0. The van der Waals surface area contributed by atoms with Gasteiger partial charge < -0.3 is 14.8 Å². The molecule has 0 bridgehead atoms. The molecule has 0 aliphatic heterocycles. The number of nitrogens with zero attached hydrogens (tertiary/aromatic N) is 1. The van der Waals surface area contributed by atoms with Gasteiger partial charge in [-0.1, -0.05) is 12.1 Å². The normalized spacial score (nSPS) is 10.4. The number of rotatable bonds is 7. The highest BCUT2D eigenvalue weighted by molar-refractivity contribution is 7.13. The number of thiazole rings is 1. The summed E-state index contributed by atoms with van der Waals surface area (Å²) in [5.41, 5.74) is 2.35. The molecule has 26 heavy (non-hydrogen) atoms. The number of methoxy groups -OCH3 is 1. The molecular weight excluding hydrogens is 348 g/mol. The minimum absolute atomic E-state index is 0.193. The highest BCUT2D eigenvalue weighted by atomic mass is 32.1. The fourth-order valence-corrected chi connectivity index (χ4v) is 3.23. The minimum Gasteiger partial charge on any atom is -0.497 e. The predicted molar refractivity (Wildman–Crippen MR) is 103 cm³/mol. The van der Waals surface area contributed by atoms with Gasteiger partial charge in [0.05, 0.1) is 13.7 Å². The fraction of sp³-hybridized carbons (Fsp3) is 0.200. The lowest BCUT2D eigenvalue weighted by Crippen LogP contribution is -2.23. The van der Waals surface area contributed by atoms with Crippen molar-refractivity contribution in [1.82, 2.24) is 10.3 Å². The van der Waals surface area contributed by atoms with Gasteiger partial charge in [0.1, 0.15) is 22.2 Å². The first-order chi connectivity index (χ1) is 12.7. The first-order valence-electron chi connectivity index (χ1n) is 8.29. The Morgan fingerprint density at radius 2 is 1.96 bits per heavy atom. The standard InChI is InChI=1S/C20H20N2O3S/c1-3-25-16-9-7-15(8-10-16)20-22-18(13-26-20)19(23)21-12-14-5-4-6-17(11-14)24-2/h4-11,13H,3,12H2,1-2H3,(H,21,23). The van der Waals surface area contributed by atoms with Gasteiger partial charge in [0.25, 0.3) is 5.91 Å². The lowest BCUT2D eigenvalue weighted by Gasteiger charge is -2.05. The van der Waals surface area contributed by atoms with Crippen molar-refractivity contribution in [2.45, 2.75) is 13.5 Å². The molecule has 0 radical (unpaired) electrons. The summed E-state index contributed by atoms with van der Waals surface area (Å²) >= 11 is 1.45. The van der Waals surface area contributed by atoms with Crippen molar-refractivity contribution in [3.8, 4) is 22.1 Å². The van der Waals surface area contributed by atoms with Gasteiger partial charge in [-0.3, -0.25) is 4.79 Å². The van der Waals surface area contributed by atoms with Crippen LogP contribution in [0.4, 0.5) is 0 Å². The quantitative estimate of drug-likeness (QED) is 0.681. The van der Waals surface area contributed by atoms with E-state index < -0.39 is 0 Å². The van der Waals surface area contributed by atoms with E-state index in [0.29, 0.717) is 18.8 Å². The van der Waals surface area contributed by atoms with Crippen LogP contribution in [0.2, 0.25) is 0 Å². The van der Waals surface area contributed by atoms with Crippen LogP contribution in [0.1, 0.15) is 23.0 Å². The Labute approximate surface area is 156 Å². The van der Waals surface area contributed by atoms with E-state index in [4.69, 9.17) is 9.47 Å². The highest BCUT2D eigenvalue weighted by Crippen LogP contribution is 2.25. The third kappa shape index (κ3) is 4.40. The van der Waals surface area contributed by atoms with Gasteiger partial charge in [-0.25, -0.2) is 4.98 Å². The largest absolute Gasteiger partial charge is 0.497 e. The van der Waals surface area contributed by atoms with Crippen LogP contribution >= 0.6 is 11.3 Å². The molecule has 0 saturated carbocycles. The molecule has 0 fully saturated rings. The number of hydrogen-bond donors (Lipinski definition) is 1. The fourth-order valence-electron chi connectivity index (χ4n) is 2.43. The Balaban J connectivity index is 1.64. The second-order valence-corrected chi connectivity index (χ2v) is 6.39. The predicted octanol–water partition coefficient (Wildman–Crippen LogP) is 4.15. The number of benzene rings is 2. The first-order valence-corrected chi connectivity index (χ1v) is 9.17. The molecule has 3 aromatic rings. The van der Waals surface area contributed by atoms with Crippen LogP contribution in [0, 0.1) is 0 Å². The average molecular weight is 368 g/mol. The second kappa shape index (κ2) is 8.49. The van der Waals surface area contributed by atoms with Crippen molar-refractivity contribution < 1.29 is 14.3 Å². The number of carbonyl (C=O) groups is 1. The topological polar surface area (TPSA) is 60.5 Å². The molecule has 0 aliphatic rings. The van der Waals surface area contributed by atoms with Crippen LogP contribution in [-0.4, -0.2) is 24.6 Å². The van der Waals surface area contributed by atoms with Gasteiger partial charge in [-0.05, 0) is 48.9 Å². The van der Waals surface area contributed by atoms with Crippen molar-refractivity contribution in [2.75, 3.05) is 13.7 Å². The molecule has 1 heterocycles. The SMILES string of the molecule is CCOc1ccc(-c2nc(C(=O)NCc3cccc(OC)c3)cs2)cc1. The average Bonchev–Trinajstić information content (AvgIpc) is 3.17. The maximum atomic E-state index is 12.3. The molecule has 0 aliphatic carbocycles. The van der Waals surface area contributed by atoms with Gasteiger partial charge >= 0.3 is 0 Å². The molecule has 1 amide bonds. The van der Waals surface area contributed by atoms with E-state index in [2.05, 4.69) is 10.3 Å². The van der Waals surface area contributed by atoms with Crippen LogP contribution in [-0.2, 0) is 6.54 Å². The third-order valence-electron chi connectivity index (χ3n) is 3.74. The third-order valence-corrected chi connectivity index (χ3v) is 4.63. The van der Waals surface area contributed by atoms with E-state index in [0.717, 1.165) is 27.6 Å². The van der Waals surface area contributed by atoms with Crippen LogP contribution < -0.4 is 14.8 Å². The van der Waals surface area contributed by atoms with Crippen LogP contribution in [0.3, 0.4) is 0 Å². The van der Waals surface area contributed by atoms with E-state index in [-0.39, 0.29) is 5.91 Å². The molecule has 2 aromatic carbocycles. The van der Waals surface area contributed by atoms with Gasteiger partial charge in [-0.2, -0.15) is 0 Å². The van der Waals surface area contributed by atoms with Crippen molar-refractivity contribution in [3.63, 3.8) is 0 Å². The lowest BCUT2D eigenvalue weighted by molar-refractivity contribution is 0.0946. The van der Waals surface area contributed by atoms with Gasteiger partial charge in [0.2, 0.25) is 0 Å². The molecule has 5 nitrogen and oxygen atoms in total. The highest BCUT2D eigenvalue weighted by Gasteiger charge is 2.12. The number of carbonyl (C=O) groups excluding carboxylic acids is 1. The molecule has 0 saturated heterocycles. The Morgan fingerprint density at radius 1 is 1.15 bits per heavy atom. The van der Waals surface area contributed by atoms with Crippen molar-refractivity contribution in [3.05, 3.63) is 65.2 Å². The van der Waals surface area contributed by atoms with E-state index in [1.807, 2.05) is 55.5 Å². The van der Waals surface area contributed by atoms with E-state index in [1.165, 1.54) is 11.3 Å². The van der Waals surface area contributed by atoms with Crippen LogP contribution in [0.25, 0.3) is 10.6 Å². The van der Waals surface area contributed by atoms with Gasteiger partial charge in [0.15, 0.2) is 0 Å². The smallest absolute Gasteiger partial charge is 0.271 e. The zero-order valence-electron chi connectivity index (χ0n) is 14.7. The van der Waals surface area contributed by atoms with Crippen LogP contribution in [0.5, 0.6) is 11.5 Å². The summed E-state index contributed by atoms with van der Waals surface area (Å²) in [5.74, 6) is 1.40. The number of nitrogens with one attached hydrogen (secondary N) is 1. The van der Waals surface area contributed by atoms with Crippen molar-refractivity contribution in [1.29, 1.82) is 0 Å². The summed E-state index contributed by atoms with van der Waals surface area (Å²) in [6.45, 7) is 3.01. The number of ether oxygens (including phenoxy) is 2. The minimum atomic E-state index is -0.193. The Morgan fingerprint density at radius 3 is 2.69 bits per heavy atom. The lowest BCUT2D eigenvalue weighted by atomic mass is 10.2. The zero-order chi connectivity index (χ0) is 18.4. The summed E-state index contributed by atoms with van der Waals surface area (Å²) in [7, 11) is 1.62. The summed E-state index contributed by atoms with van der Waals surface area (Å²) in [6, 6.07) is 15.3. The van der Waals surface area contributed by atoms with E-state index in [9.17, 15) is 4.79 Å². The number of amides is 1. The molecule has 3 rings (SSSR count). The van der Waals surface area contributed by atoms with Crippen molar-refractivity contribution >= 4 is 17.2 Å². The Hall–Kier alpha value is -2.86. The molecule has 0 unspecified atom stereocenters. The second-order valence-electron chi connectivity index (χ2n) is 5.53. The Kier molecular flexibility index (Phi) is 5.86. The maximum Gasteiger partial charge on any atom is 0.271 e. The number of hydrogen-bond acceptors (Lipinski definition) is 5. The summed E-state index contributed by atoms with van der Waals surface area (Å²) < 4.78 is 10.6. The van der Waals surface area contributed by atoms with Gasteiger partial charge in [-0.15, -0.1) is 11.3 Å². The van der Waals surface area contributed by atoms with Crippen LogP contribution in [0.15, 0.2) is 53.9 Å². The molecular formula is C20H20N2O3S. The number of aromatic nitrogens is 1. The van der Waals surface area contributed by atoms with E-state index in [1.54, 1.807) is 12.5 Å². The maximum absolute atomic E-state index is 12.3. The van der Waals surface area contributed by atoms with E-state index >= 15 is 0 Å². The molecule has 0 spiro atoms. The Bertz CT molecular complexity index is 875. The monoisotopic (exact) mass is 368 g/mol.